The number of β-amino-alcohol motifs (C(OH)–C–C–N with tert-alkyl or cyclic N) is 1. The minimum Gasteiger partial charge on any atom is -0.390 e. The highest BCUT2D eigenvalue weighted by atomic mass is 16.3. The van der Waals surface area contributed by atoms with Crippen LogP contribution in [0.1, 0.15) is 11.1 Å². The van der Waals surface area contributed by atoms with Crippen LogP contribution >= 0.6 is 0 Å². The van der Waals surface area contributed by atoms with Gasteiger partial charge >= 0.3 is 0 Å². The Bertz CT molecular complexity index is 347. The molecule has 0 radical (unpaired) electrons. The monoisotopic (exact) mass is 188 g/mol. The second-order valence-electron chi connectivity index (χ2n) is 3.66. The fourth-order valence-electron chi connectivity index (χ4n) is 1.61. The molecular formula is C11H12N2O. The summed E-state index contributed by atoms with van der Waals surface area (Å²) in [5, 5.41) is 17.7. The maximum absolute atomic E-state index is 9.09. The highest BCUT2D eigenvalue weighted by Crippen LogP contribution is 2.13. The van der Waals surface area contributed by atoms with Crippen molar-refractivity contribution in [3.8, 4) is 6.07 Å². The van der Waals surface area contributed by atoms with Gasteiger partial charge in [-0.2, -0.15) is 5.26 Å². The van der Waals surface area contributed by atoms with Crippen LogP contribution in [-0.2, 0) is 6.54 Å². The standard InChI is InChI=1S/C11H12N2O/c12-5-9-1-3-10(4-2-9)6-13-7-11(14)8-13/h1-4,11,14H,6-8H2. The molecular weight excluding hydrogens is 176 g/mol. The summed E-state index contributed by atoms with van der Waals surface area (Å²) in [5.41, 5.74) is 1.88. The first kappa shape index (κ1) is 9.20. The Labute approximate surface area is 83.2 Å². The van der Waals surface area contributed by atoms with E-state index in [0.29, 0.717) is 5.56 Å². The van der Waals surface area contributed by atoms with Crippen molar-refractivity contribution in [3.63, 3.8) is 0 Å². The van der Waals surface area contributed by atoms with Crippen LogP contribution in [0.5, 0.6) is 0 Å². The van der Waals surface area contributed by atoms with Gasteiger partial charge in [-0.3, -0.25) is 4.90 Å². The molecule has 72 valence electrons. The molecule has 0 spiro atoms. The third-order valence-corrected chi connectivity index (χ3v) is 2.43. The van der Waals surface area contributed by atoms with Gasteiger partial charge in [-0.05, 0) is 17.7 Å². The minimum absolute atomic E-state index is 0.145. The molecule has 1 aromatic carbocycles. The van der Waals surface area contributed by atoms with Crippen molar-refractivity contribution < 1.29 is 5.11 Å². The van der Waals surface area contributed by atoms with Crippen LogP contribution in [0, 0.1) is 11.3 Å². The summed E-state index contributed by atoms with van der Waals surface area (Å²) in [7, 11) is 0. The van der Waals surface area contributed by atoms with E-state index in [9.17, 15) is 0 Å². The lowest BCUT2D eigenvalue weighted by molar-refractivity contribution is -0.00286. The zero-order chi connectivity index (χ0) is 9.97. The van der Waals surface area contributed by atoms with Gasteiger partial charge in [0.1, 0.15) is 0 Å². The van der Waals surface area contributed by atoms with Crippen molar-refractivity contribution in [2.45, 2.75) is 12.6 Å². The molecule has 0 aliphatic carbocycles. The van der Waals surface area contributed by atoms with E-state index in [1.54, 1.807) is 0 Å². The van der Waals surface area contributed by atoms with Gasteiger partial charge in [0.15, 0.2) is 0 Å². The summed E-state index contributed by atoms with van der Waals surface area (Å²) in [6.45, 7) is 2.39. The molecule has 2 rings (SSSR count). The van der Waals surface area contributed by atoms with Gasteiger partial charge < -0.3 is 5.11 Å². The predicted octanol–water partition coefficient (Wildman–Crippen LogP) is 0.735. The van der Waals surface area contributed by atoms with Crippen molar-refractivity contribution in [1.29, 1.82) is 5.26 Å². The number of hydrogen-bond acceptors (Lipinski definition) is 3. The molecule has 14 heavy (non-hydrogen) atoms. The fourth-order valence-corrected chi connectivity index (χ4v) is 1.61. The summed E-state index contributed by atoms with van der Waals surface area (Å²) < 4.78 is 0. The summed E-state index contributed by atoms with van der Waals surface area (Å²) >= 11 is 0. The highest BCUT2D eigenvalue weighted by molar-refractivity contribution is 5.31. The van der Waals surface area contributed by atoms with Gasteiger partial charge in [0.05, 0.1) is 17.7 Å². The quantitative estimate of drug-likeness (QED) is 0.744. The van der Waals surface area contributed by atoms with E-state index >= 15 is 0 Å². The van der Waals surface area contributed by atoms with Crippen LogP contribution in [0.2, 0.25) is 0 Å². The molecule has 0 unspecified atom stereocenters. The zero-order valence-electron chi connectivity index (χ0n) is 7.85. The number of nitriles is 1. The second-order valence-corrected chi connectivity index (χ2v) is 3.66. The van der Waals surface area contributed by atoms with Crippen LogP contribution in [0.3, 0.4) is 0 Å². The molecule has 3 nitrogen and oxygen atoms in total. The maximum Gasteiger partial charge on any atom is 0.0991 e. The normalized spacial score (nSPS) is 17.4. The van der Waals surface area contributed by atoms with Crippen molar-refractivity contribution >= 4 is 0 Å². The van der Waals surface area contributed by atoms with Crippen molar-refractivity contribution in [2.75, 3.05) is 13.1 Å². The van der Waals surface area contributed by atoms with E-state index in [1.807, 2.05) is 24.3 Å². The van der Waals surface area contributed by atoms with E-state index < -0.39 is 0 Å². The molecule has 1 heterocycles. The highest BCUT2D eigenvalue weighted by Gasteiger charge is 2.23. The molecule has 3 heteroatoms. The summed E-state index contributed by atoms with van der Waals surface area (Å²) in [6, 6.07) is 9.66. The maximum atomic E-state index is 9.09. The van der Waals surface area contributed by atoms with Crippen molar-refractivity contribution in [3.05, 3.63) is 35.4 Å². The van der Waals surface area contributed by atoms with Gasteiger partial charge in [-0.25, -0.2) is 0 Å². The average Bonchev–Trinajstić information content (AvgIpc) is 2.17. The minimum atomic E-state index is -0.145. The molecule has 1 N–H and O–H groups in total. The third kappa shape index (κ3) is 1.92. The number of likely N-dealkylation sites (tertiary alicyclic amines) is 1. The van der Waals surface area contributed by atoms with Crippen molar-refractivity contribution in [2.24, 2.45) is 0 Å². The molecule has 1 aromatic rings. The molecule has 0 bridgehead atoms. The lowest BCUT2D eigenvalue weighted by atomic mass is 10.1. The first-order valence-electron chi connectivity index (χ1n) is 4.67. The third-order valence-electron chi connectivity index (χ3n) is 2.43. The number of aliphatic hydroxyl groups excluding tert-OH is 1. The van der Waals surface area contributed by atoms with Gasteiger partial charge in [0.2, 0.25) is 0 Å². The van der Waals surface area contributed by atoms with Crippen molar-refractivity contribution in [1.82, 2.24) is 4.90 Å². The lowest BCUT2D eigenvalue weighted by Gasteiger charge is -2.35. The lowest BCUT2D eigenvalue weighted by Crippen LogP contribution is -2.49. The van der Waals surface area contributed by atoms with E-state index in [1.165, 1.54) is 5.56 Å². The van der Waals surface area contributed by atoms with E-state index in [-0.39, 0.29) is 6.10 Å². The van der Waals surface area contributed by atoms with E-state index in [4.69, 9.17) is 10.4 Å². The average molecular weight is 188 g/mol. The number of nitrogens with zero attached hydrogens (tertiary/aromatic N) is 2. The number of hydrogen-bond donors (Lipinski definition) is 1. The molecule has 1 fully saturated rings. The molecule has 0 amide bonds. The van der Waals surface area contributed by atoms with Crippen LogP contribution in [-0.4, -0.2) is 29.2 Å². The fraction of sp³-hybridized carbons (Fsp3) is 0.364. The SMILES string of the molecule is N#Cc1ccc(CN2CC(O)C2)cc1. The zero-order valence-corrected chi connectivity index (χ0v) is 7.85. The Morgan fingerprint density at radius 3 is 2.50 bits per heavy atom. The molecule has 1 aliphatic rings. The second kappa shape index (κ2) is 3.79. The largest absolute Gasteiger partial charge is 0.390 e. The van der Waals surface area contributed by atoms with Crippen LogP contribution in [0.25, 0.3) is 0 Å². The number of rotatable bonds is 2. The van der Waals surface area contributed by atoms with Crippen LogP contribution < -0.4 is 0 Å². The van der Waals surface area contributed by atoms with Gasteiger partial charge in [0.25, 0.3) is 0 Å². The first-order valence-corrected chi connectivity index (χ1v) is 4.67. The summed E-state index contributed by atoms with van der Waals surface area (Å²) in [4.78, 5) is 2.17. The van der Waals surface area contributed by atoms with E-state index in [2.05, 4.69) is 11.0 Å². The van der Waals surface area contributed by atoms with Gasteiger partial charge in [-0.15, -0.1) is 0 Å². The Morgan fingerprint density at radius 2 is 2.00 bits per heavy atom. The predicted molar refractivity (Wildman–Crippen MR) is 52.4 cm³/mol. The Balaban J connectivity index is 1.94. The number of aliphatic hydroxyl groups is 1. The van der Waals surface area contributed by atoms with Gasteiger partial charge in [-0.1, -0.05) is 12.1 Å². The molecule has 0 aromatic heterocycles. The first-order chi connectivity index (χ1) is 6.78. The Morgan fingerprint density at radius 1 is 1.36 bits per heavy atom. The Kier molecular flexibility index (Phi) is 2.49. The summed E-state index contributed by atoms with van der Waals surface area (Å²) in [6.07, 6.45) is -0.145. The molecule has 0 saturated carbocycles. The number of benzene rings is 1. The Hall–Kier alpha value is -1.37. The molecule has 1 aliphatic heterocycles. The van der Waals surface area contributed by atoms with Crippen LogP contribution in [0.4, 0.5) is 0 Å². The van der Waals surface area contributed by atoms with E-state index in [0.717, 1.165) is 19.6 Å². The summed E-state index contributed by atoms with van der Waals surface area (Å²) in [5.74, 6) is 0. The molecule has 1 saturated heterocycles. The molecule has 0 atom stereocenters. The smallest absolute Gasteiger partial charge is 0.0991 e. The van der Waals surface area contributed by atoms with Crippen LogP contribution in [0.15, 0.2) is 24.3 Å². The topological polar surface area (TPSA) is 47.3 Å². The van der Waals surface area contributed by atoms with Gasteiger partial charge in [0, 0.05) is 19.6 Å².